The second-order valence-electron chi connectivity index (χ2n) is 4.87. The maximum atomic E-state index is 11.6. The molecule has 0 aliphatic carbocycles. The molecule has 2 heterocycles. The van der Waals surface area contributed by atoms with Gasteiger partial charge in [0.05, 0.1) is 5.69 Å². The Morgan fingerprint density at radius 3 is 2.88 bits per heavy atom. The van der Waals surface area contributed by atoms with Crippen molar-refractivity contribution in [3.8, 4) is 21.8 Å². The summed E-state index contributed by atoms with van der Waals surface area (Å²) in [5, 5.41) is 5.60. The molecule has 0 fully saturated rings. The molecule has 1 N–H and O–H groups in total. The van der Waals surface area contributed by atoms with Gasteiger partial charge in [0.1, 0.15) is 11.6 Å². The van der Waals surface area contributed by atoms with Crippen LogP contribution in [0.4, 0.5) is 10.5 Å². The Kier molecular flexibility index (Phi) is 4.98. The normalized spacial score (nSPS) is 10.2. The minimum atomic E-state index is -0.511. The molecule has 0 saturated heterocycles. The fourth-order valence-electron chi connectivity index (χ4n) is 2.08. The van der Waals surface area contributed by atoms with Crippen molar-refractivity contribution < 1.29 is 9.53 Å². The molecule has 0 atom stereocenters. The first-order valence-electron chi connectivity index (χ1n) is 7.27. The molecule has 0 saturated carbocycles. The van der Waals surface area contributed by atoms with E-state index in [1.165, 1.54) is 6.08 Å². The zero-order valence-electron chi connectivity index (χ0n) is 12.8. The first-order chi connectivity index (χ1) is 11.8. The summed E-state index contributed by atoms with van der Waals surface area (Å²) in [5.41, 5.74) is 3.46. The summed E-state index contributed by atoms with van der Waals surface area (Å²) in [4.78, 5) is 20.3. The van der Waals surface area contributed by atoms with Crippen LogP contribution >= 0.6 is 11.3 Å². The highest BCUT2D eigenvalue weighted by molar-refractivity contribution is 7.13. The van der Waals surface area contributed by atoms with Gasteiger partial charge < -0.3 is 4.74 Å². The highest BCUT2D eigenvalue weighted by Gasteiger charge is 2.08. The van der Waals surface area contributed by atoms with E-state index < -0.39 is 6.09 Å². The number of thiazole rings is 1. The quantitative estimate of drug-likeness (QED) is 0.691. The average molecular weight is 337 g/mol. The van der Waals surface area contributed by atoms with Gasteiger partial charge >= 0.3 is 6.09 Å². The lowest BCUT2D eigenvalue weighted by atomic mass is 10.1. The van der Waals surface area contributed by atoms with Gasteiger partial charge in [0, 0.05) is 34.6 Å². The molecule has 0 spiro atoms. The van der Waals surface area contributed by atoms with Gasteiger partial charge in [0.15, 0.2) is 0 Å². The van der Waals surface area contributed by atoms with E-state index in [1.54, 1.807) is 29.8 Å². The molecule has 0 aliphatic heterocycles. The van der Waals surface area contributed by atoms with Gasteiger partial charge in [-0.05, 0) is 24.3 Å². The van der Waals surface area contributed by atoms with Gasteiger partial charge in [-0.15, -0.1) is 11.3 Å². The molecule has 1 amide bonds. The number of amides is 1. The molecule has 0 radical (unpaired) electrons. The molecule has 0 bridgehead atoms. The number of nitrogens with zero attached hydrogens (tertiary/aromatic N) is 2. The molecule has 6 heteroatoms. The third kappa shape index (κ3) is 3.85. The second kappa shape index (κ2) is 7.52. The summed E-state index contributed by atoms with van der Waals surface area (Å²) in [6, 6.07) is 11.3. The van der Waals surface area contributed by atoms with E-state index in [0.29, 0.717) is 5.69 Å². The number of benzene rings is 1. The first kappa shape index (κ1) is 15.9. The van der Waals surface area contributed by atoms with Gasteiger partial charge in [-0.25, -0.2) is 9.78 Å². The first-order valence-corrected chi connectivity index (χ1v) is 8.15. The Hall–Kier alpha value is -2.99. The number of anilines is 1. The Morgan fingerprint density at radius 1 is 1.25 bits per heavy atom. The summed E-state index contributed by atoms with van der Waals surface area (Å²) in [6.07, 6.45) is 4.50. The summed E-state index contributed by atoms with van der Waals surface area (Å²) >= 11 is 1.57. The number of nitrogens with one attached hydrogen (secondary N) is 1. The van der Waals surface area contributed by atoms with Crippen molar-refractivity contribution in [1.29, 1.82) is 0 Å². The summed E-state index contributed by atoms with van der Waals surface area (Å²) < 4.78 is 4.92. The third-order valence-electron chi connectivity index (χ3n) is 3.17. The standard InChI is InChI=1S/C18H15N3O2S/c1-2-10-23-18(22)20-15-5-3-4-14(11-15)16-12-24-17(21-16)13-6-8-19-9-7-13/h2-9,11-12H,1,10H2,(H,20,22). The van der Waals surface area contributed by atoms with Crippen molar-refractivity contribution in [3.05, 3.63) is 66.8 Å². The predicted octanol–water partition coefficient (Wildman–Crippen LogP) is 4.61. The number of aromatic nitrogens is 2. The van der Waals surface area contributed by atoms with E-state index in [1.807, 2.05) is 35.7 Å². The molecule has 5 nitrogen and oxygen atoms in total. The molecule has 120 valence electrons. The number of pyridine rings is 1. The smallest absolute Gasteiger partial charge is 0.411 e. The van der Waals surface area contributed by atoms with Crippen LogP contribution in [0.1, 0.15) is 0 Å². The zero-order valence-corrected chi connectivity index (χ0v) is 13.6. The van der Waals surface area contributed by atoms with E-state index in [2.05, 4.69) is 21.9 Å². The second-order valence-corrected chi connectivity index (χ2v) is 5.72. The Morgan fingerprint density at radius 2 is 2.08 bits per heavy atom. The van der Waals surface area contributed by atoms with Gasteiger partial charge in [-0.2, -0.15) is 0 Å². The van der Waals surface area contributed by atoms with Gasteiger partial charge in [0.25, 0.3) is 0 Å². The van der Waals surface area contributed by atoms with E-state index in [-0.39, 0.29) is 6.61 Å². The van der Waals surface area contributed by atoms with Gasteiger partial charge in [-0.1, -0.05) is 24.8 Å². The largest absolute Gasteiger partial charge is 0.445 e. The number of hydrogen-bond acceptors (Lipinski definition) is 5. The van der Waals surface area contributed by atoms with Crippen LogP contribution in [0.3, 0.4) is 0 Å². The SMILES string of the molecule is C=CCOC(=O)Nc1cccc(-c2csc(-c3ccncc3)n2)c1. The number of ether oxygens (including phenoxy) is 1. The van der Waals surface area contributed by atoms with E-state index in [4.69, 9.17) is 4.74 Å². The molecule has 3 rings (SSSR count). The highest BCUT2D eigenvalue weighted by atomic mass is 32.1. The lowest BCUT2D eigenvalue weighted by molar-refractivity contribution is 0.174. The van der Waals surface area contributed by atoms with E-state index in [9.17, 15) is 4.79 Å². The molecule has 3 aromatic rings. The number of carbonyl (C=O) groups excluding carboxylic acids is 1. The third-order valence-corrected chi connectivity index (χ3v) is 4.06. The van der Waals surface area contributed by atoms with Crippen LogP contribution < -0.4 is 5.32 Å². The molecule has 0 aliphatic rings. The maximum absolute atomic E-state index is 11.6. The minimum absolute atomic E-state index is 0.174. The summed E-state index contributed by atoms with van der Waals surface area (Å²) in [6.45, 7) is 3.68. The van der Waals surface area contributed by atoms with Crippen LogP contribution in [0.25, 0.3) is 21.8 Å². The Balaban J connectivity index is 1.78. The minimum Gasteiger partial charge on any atom is -0.445 e. The fraction of sp³-hybridized carbons (Fsp3) is 0.0556. The lowest BCUT2D eigenvalue weighted by Gasteiger charge is -2.06. The van der Waals surface area contributed by atoms with Crippen molar-refractivity contribution in [3.63, 3.8) is 0 Å². The van der Waals surface area contributed by atoms with Crippen LogP contribution in [0.5, 0.6) is 0 Å². The van der Waals surface area contributed by atoms with Crippen LogP contribution in [-0.2, 0) is 4.74 Å². The zero-order chi connectivity index (χ0) is 16.8. The number of rotatable bonds is 5. The molecular weight excluding hydrogens is 322 g/mol. The van der Waals surface area contributed by atoms with Crippen molar-refractivity contribution in [2.45, 2.75) is 0 Å². The Bertz CT molecular complexity index is 846. The summed E-state index contributed by atoms with van der Waals surface area (Å²) in [5.74, 6) is 0. The topological polar surface area (TPSA) is 64.1 Å². The van der Waals surface area contributed by atoms with Crippen molar-refractivity contribution in [2.75, 3.05) is 11.9 Å². The monoisotopic (exact) mass is 337 g/mol. The molecular formula is C18H15N3O2S. The average Bonchev–Trinajstić information content (AvgIpc) is 3.11. The van der Waals surface area contributed by atoms with Crippen LogP contribution in [0, 0.1) is 0 Å². The Labute approximate surface area is 143 Å². The van der Waals surface area contributed by atoms with Crippen LogP contribution in [0.2, 0.25) is 0 Å². The highest BCUT2D eigenvalue weighted by Crippen LogP contribution is 2.29. The molecule has 24 heavy (non-hydrogen) atoms. The van der Waals surface area contributed by atoms with Gasteiger partial charge in [-0.3, -0.25) is 10.3 Å². The van der Waals surface area contributed by atoms with Gasteiger partial charge in [0.2, 0.25) is 0 Å². The van der Waals surface area contributed by atoms with E-state index >= 15 is 0 Å². The summed E-state index contributed by atoms with van der Waals surface area (Å²) in [7, 11) is 0. The van der Waals surface area contributed by atoms with Crippen LogP contribution in [-0.4, -0.2) is 22.7 Å². The van der Waals surface area contributed by atoms with Crippen LogP contribution in [0.15, 0.2) is 66.8 Å². The van der Waals surface area contributed by atoms with E-state index in [0.717, 1.165) is 21.8 Å². The fourth-order valence-corrected chi connectivity index (χ4v) is 2.91. The lowest BCUT2D eigenvalue weighted by Crippen LogP contribution is -2.13. The van der Waals surface area contributed by atoms with Crippen molar-refractivity contribution in [1.82, 2.24) is 9.97 Å². The van der Waals surface area contributed by atoms with Crippen molar-refractivity contribution in [2.24, 2.45) is 0 Å². The maximum Gasteiger partial charge on any atom is 0.411 e. The molecule has 0 unspecified atom stereocenters. The number of hydrogen-bond donors (Lipinski definition) is 1. The molecule has 1 aromatic carbocycles. The number of carbonyl (C=O) groups is 1. The predicted molar refractivity (Wildman–Crippen MR) is 95.9 cm³/mol. The van der Waals surface area contributed by atoms with Crippen molar-refractivity contribution >= 4 is 23.1 Å². The molecule has 2 aromatic heterocycles.